The minimum Gasteiger partial charge on any atom is -0.319 e. The van der Waals surface area contributed by atoms with E-state index in [-0.39, 0.29) is 24.0 Å². The lowest BCUT2D eigenvalue weighted by Crippen LogP contribution is -2.66. The first-order valence-corrected chi connectivity index (χ1v) is 10.1. The van der Waals surface area contributed by atoms with Crippen molar-refractivity contribution in [1.29, 1.82) is 0 Å². The molecule has 0 bridgehead atoms. The number of benzene rings is 2. The summed E-state index contributed by atoms with van der Waals surface area (Å²) in [7, 11) is 0. The molecule has 0 aromatic heterocycles. The number of unbranched alkanes of at least 4 members (excludes halogenated alkanes) is 1. The lowest BCUT2D eigenvalue weighted by molar-refractivity contribution is -0.135. The number of urea groups is 1. The predicted molar refractivity (Wildman–Crippen MR) is 109 cm³/mol. The molecule has 2 aliphatic rings. The monoisotopic (exact) mass is 427 g/mol. The predicted octanol–water partition coefficient (Wildman–Crippen LogP) is 4.44. The minimum atomic E-state index is -0.382. The van der Waals surface area contributed by atoms with Crippen molar-refractivity contribution in [2.75, 3.05) is 11.4 Å². The van der Waals surface area contributed by atoms with E-state index in [1.807, 2.05) is 42.5 Å². The second kappa shape index (κ2) is 7.35. The van der Waals surface area contributed by atoms with Crippen molar-refractivity contribution in [3.05, 3.63) is 58.6 Å². The Hall–Kier alpha value is -2.34. The first kappa shape index (κ1) is 18.0. The molecule has 2 unspecified atom stereocenters. The van der Waals surface area contributed by atoms with E-state index < -0.39 is 0 Å². The van der Waals surface area contributed by atoms with Gasteiger partial charge >= 0.3 is 6.03 Å². The van der Waals surface area contributed by atoms with Crippen LogP contribution in [-0.2, 0) is 11.2 Å². The number of nitrogens with zero attached hydrogens (tertiary/aromatic N) is 2. The number of fused-ring (bicyclic) bond motifs is 2. The molecule has 27 heavy (non-hydrogen) atoms. The van der Waals surface area contributed by atoms with Gasteiger partial charge in [-0.05, 0) is 42.7 Å². The summed E-state index contributed by atoms with van der Waals surface area (Å²) in [6.07, 6.45) is 2.01. The Labute approximate surface area is 167 Å². The summed E-state index contributed by atoms with van der Waals surface area (Å²) in [5.74, 6) is -0.375. The van der Waals surface area contributed by atoms with Crippen molar-refractivity contribution >= 4 is 39.2 Å². The van der Waals surface area contributed by atoms with Crippen molar-refractivity contribution < 1.29 is 9.59 Å². The summed E-state index contributed by atoms with van der Waals surface area (Å²) < 4.78 is 0.956. The van der Waals surface area contributed by atoms with Crippen LogP contribution in [0.25, 0.3) is 0 Å². The zero-order chi connectivity index (χ0) is 19.0. The molecule has 0 saturated carbocycles. The van der Waals surface area contributed by atoms with Crippen molar-refractivity contribution in [2.24, 2.45) is 5.92 Å². The van der Waals surface area contributed by atoms with Gasteiger partial charge in [-0.2, -0.15) is 0 Å². The number of rotatable bonds is 4. The Balaban J connectivity index is 1.77. The Kier molecular flexibility index (Phi) is 4.91. The smallest absolute Gasteiger partial charge is 0.319 e. The van der Waals surface area contributed by atoms with Crippen LogP contribution in [0.2, 0.25) is 0 Å². The molecular formula is C21H22BrN3O2. The summed E-state index contributed by atoms with van der Waals surface area (Å²) >= 11 is 3.53. The lowest BCUT2D eigenvalue weighted by atomic mass is 9.86. The standard InChI is InChI=1S/C21H22BrN3O2/c1-2-3-11-24-20(26)17-12-14-7-4-5-10-18(14)25(19(17)23-21(24)27)16-9-6-8-15(22)13-16/h4-10,13,17,19H,2-3,11-12H2,1H3,(H,23,27). The van der Waals surface area contributed by atoms with Gasteiger partial charge in [-0.25, -0.2) is 4.79 Å². The highest BCUT2D eigenvalue weighted by Crippen LogP contribution is 2.40. The minimum absolute atomic E-state index is 0.0771. The zero-order valence-corrected chi connectivity index (χ0v) is 16.8. The van der Waals surface area contributed by atoms with E-state index in [9.17, 15) is 9.59 Å². The van der Waals surface area contributed by atoms with Gasteiger partial charge < -0.3 is 10.2 Å². The number of anilines is 2. The molecule has 5 nitrogen and oxygen atoms in total. The van der Waals surface area contributed by atoms with Gasteiger partial charge in [0.15, 0.2) is 0 Å². The van der Waals surface area contributed by atoms with Crippen molar-refractivity contribution in [3.63, 3.8) is 0 Å². The molecule has 2 heterocycles. The first-order chi connectivity index (χ1) is 13.1. The third-order valence-corrected chi connectivity index (χ3v) is 5.76. The fraction of sp³-hybridized carbons (Fsp3) is 0.333. The van der Waals surface area contributed by atoms with Gasteiger partial charge in [-0.1, -0.05) is 53.5 Å². The molecule has 1 fully saturated rings. The largest absolute Gasteiger partial charge is 0.325 e. The average molecular weight is 428 g/mol. The highest BCUT2D eigenvalue weighted by molar-refractivity contribution is 9.10. The van der Waals surface area contributed by atoms with Gasteiger partial charge in [0.1, 0.15) is 6.17 Å². The van der Waals surface area contributed by atoms with Crippen LogP contribution < -0.4 is 10.2 Å². The molecule has 0 aliphatic carbocycles. The normalized spacial score (nSPS) is 21.6. The van der Waals surface area contributed by atoms with E-state index in [0.717, 1.165) is 34.3 Å². The molecule has 1 N–H and O–H groups in total. The number of imide groups is 1. The van der Waals surface area contributed by atoms with Gasteiger partial charge in [0, 0.05) is 22.4 Å². The van der Waals surface area contributed by atoms with Crippen molar-refractivity contribution in [2.45, 2.75) is 32.4 Å². The van der Waals surface area contributed by atoms with E-state index in [0.29, 0.717) is 13.0 Å². The molecule has 1 saturated heterocycles. The molecule has 0 radical (unpaired) electrons. The number of amides is 3. The molecule has 2 aromatic rings. The molecule has 4 rings (SSSR count). The number of hydrogen-bond donors (Lipinski definition) is 1. The summed E-state index contributed by atoms with van der Waals surface area (Å²) in [6.45, 7) is 2.53. The Morgan fingerprint density at radius 1 is 1.15 bits per heavy atom. The highest BCUT2D eigenvalue weighted by atomic mass is 79.9. The highest BCUT2D eigenvalue weighted by Gasteiger charge is 2.46. The van der Waals surface area contributed by atoms with Crippen LogP contribution in [0.5, 0.6) is 0 Å². The van der Waals surface area contributed by atoms with Crippen LogP contribution >= 0.6 is 15.9 Å². The van der Waals surface area contributed by atoms with E-state index in [2.05, 4.69) is 39.1 Å². The number of carbonyl (C=O) groups excluding carboxylic acids is 2. The van der Waals surface area contributed by atoms with Crippen LogP contribution in [0, 0.1) is 5.92 Å². The Bertz CT molecular complexity index is 885. The lowest BCUT2D eigenvalue weighted by Gasteiger charge is -2.47. The Morgan fingerprint density at radius 2 is 1.96 bits per heavy atom. The molecule has 0 spiro atoms. The number of para-hydroxylation sites is 1. The fourth-order valence-corrected chi connectivity index (χ4v) is 4.33. The quantitative estimate of drug-likeness (QED) is 0.784. The van der Waals surface area contributed by atoms with Crippen molar-refractivity contribution in [1.82, 2.24) is 10.2 Å². The van der Waals surface area contributed by atoms with Crippen LogP contribution in [0.15, 0.2) is 53.0 Å². The van der Waals surface area contributed by atoms with Crippen LogP contribution in [0.1, 0.15) is 25.3 Å². The molecule has 140 valence electrons. The summed E-state index contributed by atoms with van der Waals surface area (Å²) in [5, 5.41) is 3.09. The molecule has 2 atom stereocenters. The van der Waals surface area contributed by atoms with E-state index >= 15 is 0 Å². The maximum atomic E-state index is 13.2. The second-order valence-electron chi connectivity index (χ2n) is 7.03. The van der Waals surface area contributed by atoms with Gasteiger partial charge in [-0.15, -0.1) is 0 Å². The molecule has 2 aliphatic heterocycles. The third-order valence-electron chi connectivity index (χ3n) is 5.27. The number of halogens is 1. The Morgan fingerprint density at radius 3 is 2.74 bits per heavy atom. The third kappa shape index (κ3) is 3.23. The topological polar surface area (TPSA) is 52.7 Å². The fourth-order valence-electron chi connectivity index (χ4n) is 3.94. The van der Waals surface area contributed by atoms with Crippen LogP contribution in [-0.4, -0.2) is 29.5 Å². The van der Waals surface area contributed by atoms with Gasteiger partial charge in [0.05, 0.1) is 5.92 Å². The summed E-state index contributed by atoms with van der Waals surface area (Å²) in [4.78, 5) is 29.3. The maximum Gasteiger partial charge on any atom is 0.325 e. The zero-order valence-electron chi connectivity index (χ0n) is 15.2. The number of carbonyl (C=O) groups is 2. The summed E-state index contributed by atoms with van der Waals surface area (Å²) in [5.41, 5.74) is 3.10. The van der Waals surface area contributed by atoms with E-state index in [4.69, 9.17) is 0 Å². The molecule has 2 aromatic carbocycles. The summed E-state index contributed by atoms with van der Waals surface area (Å²) in [6, 6.07) is 15.8. The molecular weight excluding hydrogens is 406 g/mol. The molecule has 6 heteroatoms. The van der Waals surface area contributed by atoms with Crippen molar-refractivity contribution in [3.8, 4) is 0 Å². The second-order valence-corrected chi connectivity index (χ2v) is 7.94. The maximum absolute atomic E-state index is 13.2. The number of nitrogens with one attached hydrogen (secondary N) is 1. The van der Waals surface area contributed by atoms with Crippen LogP contribution in [0.4, 0.5) is 16.2 Å². The van der Waals surface area contributed by atoms with Crippen LogP contribution in [0.3, 0.4) is 0 Å². The van der Waals surface area contributed by atoms with Gasteiger partial charge in [0.2, 0.25) is 5.91 Å². The average Bonchev–Trinajstić information content (AvgIpc) is 2.66. The first-order valence-electron chi connectivity index (χ1n) is 9.34. The number of hydrogen-bond acceptors (Lipinski definition) is 3. The SMILES string of the molecule is CCCCN1C(=O)NC2C(Cc3ccccc3N2c2cccc(Br)c2)C1=O. The van der Waals surface area contributed by atoms with E-state index in [1.165, 1.54) is 4.90 Å². The van der Waals surface area contributed by atoms with Gasteiger partial charge in [-0.3, -0.25) is 9.69 Å². The van der Waals surface area contributed by atoms with Gasteiger partial charge in [0.25, 0.3) is 0 Å². The van der Waals surface area contributed by atoms with E-state index in [1.54, 1.807) is 0 Å². The molecule has 3 amide bonds.